The van der Waals surface area contributed by atoms with Gasteiger partial charge in [-0.05, 0) is 52.5 Å². The van der Waals surface area contributed by atoms with E-state index in [4.69, 9.17) is 9.47 Å². The molecule has 1 aliphatic rings. The summed E-state index contributed by atoms with van der Waals surface area (Å²) in [7, 11) is 3.15. The maximum atomic E-state index is 12.2. The Morgan fingerprint density at radius 1 is 1.22 bits per heavy atom. The first kappa shape index (κ1) is 19.8. The average Bonchev–Trinajstić information content (AvgIpc) is 3.15. The van der Waals surface area contributed by atoms with Gasteiger partial charge in [0.1, 0.15) is 5.01 Å². The van der Waals surface area contributed by atoms with Crippen molar-refractivity contribution in [3.63, 3.8) is 0 Å². The van der Waals surface area contributed by atoms with Gasteiger partial charge < -0.3 is 9.47 Å². The Bertz CT molecular complexity index is 832. The molecule has 0 bridgehead atoms. The third kappa shape index (κ3) is 5.07. The number of amides is 1. The molecule has 1 saturated carbocycles. The van der Waals surface area contributed by atoms with Crippen molar-refractivity contribution >= 4 is 44.4 Å². The third-order valence-corrected chi connectivity index (χ3v) is 6.10. The molecule has 1 aromatic heterocycles. The van der Waals surface area contributed by atoms with Crippen molar-refractivity contribution in [3.8, 4) is 11.5 Å². The molecule has 3 rings (SSSR count). The van der Waals surface area contributed by atoms with Crippen LogP contribution in [0.3, 0.4) is 0 Å². The van der Waals surface area contributed by atoms with E-state index in [9.17, 15) is 4.79 Å². The van der Waals surface area contributed by atoms with Crippen molar-refractivity contribution in [2.75, 3.05) is 19.5 Å². The van der Waals surface area contributed by atoms with E-state index in [0.29, 0.717) is 22.5 Å². The van der Waals surface area contributed by atoms with Gasteiger partial charge in [0.15, 0.2) is 11.5 Å². The number of nitrogens with zero attached hydrogens (tertiary/aromatic N) is 2. The third-order valence-electron chi connectivity index (χ3n) is 4.51. The Morgan fingerprint density at radius 3 is 2.70 bits per heavy atom. The fourth-order valence-electron chi connectivity index (χ4n) is 3.15. The predicted molar refractivity (Wildman–Crippen MR) is 111 cm³/mol. The summed E-state index contributed by atoms with van der Waals surface area (Å²) < 4.78 is 11.4. The lowest BCUT2D eigenvalue weighted by Gasteiger charge is -2.18. The summed E-state index contributed by atoms with van der Waals surface area (Å²) in [6.07, 6.45) is 9.30. The van der Waals surface area contributed by atoms with Crippen molar-refractivity contribution in [3.05, 3.63) is 33.3 Å². The van der Waals surface area contributed by atoms with E-state index >= 15 is 0 Å². The first-order valence-corrected chi connectivity index (χ1v) is 10.5. The first-order valence-electron chi connectivity index (χ1n) is 8.84. The molecular weight excluding hydrogens is 430 g/mol. The molecule has 1 heterocycles. The Hall–Kier alpha value is -1.93. The summed E-state index contributed by atoms with van der Waals surface area (Å²) in [5.41, 5.74) is 0.815. The fraction of sp³-hybridized carbons (Fsp3) is 0.421. The van der Waals surface area contributed by atoms with E-state index in [1.165, 1.54) is 36.7 Å². The Balaban J connectivity index is 1.64. The van der Waals surface area contributed by atoms with Crippen molar-refractivity contribution in [2.24, 2.45) is 0 Å². The topological polar surface area (TPSA) is 73.3 Å². The molecule has 0 saturated heterocycles. The van der Waals surface area contributed by atoms with Crippen LogP contribution in [0.2, 0.25) is 0 Å². The van der Waals surface area contributed by atoms with Gasteiger partial charge in [-0.1, -0.05) is 30.6 Å². The highest BCUT2D eigenvalue weighted by atomic mass is 79.9. The number of methoxy groups -OCH3 is 2. The second-order valence-corrected chi connectivity index (χ2v) is 8.20. The molecule has 1 fully saturated rings. The highest BCUT2D eigenvalue weighted by Crippen LogP contribution is 2.37. The van der Waals surface area contributed by atoms with Gasteiger partial charge in [0.05, 0.1) is 18.7 Å². The molecular formula is C19H22BrN3O3S. The molecule has 27 heavy (non-hydrogen) atoms. The van der Waals surface area contributed by atoms with E-state index in [2.05, 4.69) is 31.4 Å². The molecule has 0 spiro atoms. The lowest BCUT2D eigenvalue weighted by Crippen LogP contribution is -2.07. The zero-order valence-corrected chi connectivity index (χ0v) is 17.7. The van der Waals surface area contributed by atoms with Crippen molar-refractivity contribution < 1.29 is 14.3 Å². The molecule has 0 aliphatic heterocycles. The van der Waals surface area contributed by atoms with Gasteiger partial charge in [0.2, 0.25) is 11.0 Å². The molecule has 144 valence electrons. The van der Waals surface area contributed by atoms with Gasteiger partial charge >= 0.3 is 0 Å². The molecule has 0 radical (unpaired) electrons. The minimum absolute atomic E-state index is 0.243. The highest BCUT2D eigenvalue weighted by molar-refractivity contribution is 9.10. The molecule has 1 amide bonds. The molecule has 2 aromatic rings. The summed E-state index contributed by atoms with van der Waals surface area (Å²) in [4.78, 5) is 12.2. The quantitative estimate of drug-likeness (QED) is 0.624. The molecule has 1 N–H and O–H groups in total. The maximum absolute atomic E-state index is 12.2. The molecule has 8 heteroatoms. The van der Waals surface area contributed by atoms with Gasteiger partial charge in [0, 0.05) is 12.0 Å². The minimum atomic E-state index is -0.243. The van der Waals surface area contributed by atoms with Crippen LogP contribution in [0.15, 0.2) is 22.7 Å². The maximum Gasteiger partial charge on any atom is 0.250 e. The second kappa shape index (κ2) is 9.32. The van der Waals surface area contributed by atoms with E-state index < -0.39 is 0 Å². The number of carbonyl (C=O) groups is 1. The number of benzene rings is 1. The number of nitrogens with one attached hydrogen (secondary N) is 1. The van der Waals surface area contributed by atoms with Crippen molar-refractivity contribution in [2.45, 2.75) is 38.0 Å². The highest BCUT2D eigenvalue weighted by Gasteiger charge is 2.20. The Labute approximate surface area is 171 Å². The summed E-state index contributed by atoms with van der Waals surface area (Å²) in [5.74, 6) is 1.45. The molecule has 1 aromatic carbocycles. The Morgan fingerprint density at radius 2 is 2.00 bits per heavy atom. The van der Waals surface area contributed by atoms with Crippen molar-refractivity contribution in [1.29, 1.82) is 0 Å². The SMILES string of the molecule is COc1cc(/C=C/C(=O)Nc2nnc(C3CCCCC3)s2)cc(Br)c1OC. The second-order valence-electron chi connectivity index (χ2n) is 6.34. The van der Waals surface area contributed by atoms with Crippen LogP contribution >= 0.6 is 27.3 Å². The van der Waals surface area contributed by atoms with Gasteiger partial charge in [0.25, 0.3) is 0 Å². The number of rotatable bonds is 6. The van der Waals surface area contributed by atoms with Crippen LogP contribution in [0.4, 0.5) is 5.13 Å². The van der Waals surface area contributed by atoms with E-state index in [1.807, 2.05) is 6.07 Å². The van der Waals surface area contributed by atoms with Crippen LogP contribution < -0.4 is 14.8 Å². The van der Waals surface area contributed by atoms with E-state index in [0.717, 1.165) is 27.9 Å². The lowest BCUT2D eigenvalue weighted by molar-refractivity contribution is -0.111. The van der Waals surface area contributed by atoms with Crippen LogP contribution in [-0.4, -0.2) is 30.3 Å². The van der Waals surface area contributed by atoms with Crippen molar-refractivity contribution in [1.82, 2.24) is 10.2 Å². The summed E-state index contributed by atoms with van der Waals surface area (Å²) in [6.45, 7) is 0. The zero-order chi connectivity index (χ0) is 19.2. The number of aromatic nitrogens is 2. The summed E-state index contributed by atoms with van der Waals surface area (Å²) >= 11 is 4.91. The monoisotopic (exact) mass is 451 g/mol. The van der Waals surface area contributed by atoms with Crippen LogP contribution in [0.25, 0.3) is 6.08 Å². The normalized spacial score (nSPS) is 15.1. The lowest BCUT2D eigenvalue weighted by atomic mass is 9.90. The number of anilines is 1. The van der Waals surface area contributed by atoms with E-state index in [1.54, 1.807) is 26.4 Å². The fourth-order valence-corrected chi connectivity index (χ4v) is 4.69. The van der Waals surface area contributed by atoms with Gasteiger partial charge in [-0.3, -0.25) is 10.1 Å². The first-order chi connectivity index (χ1) is 13.1. The van der Waals surface area contributed by atoms with Gasteiger partial charge in [-0.2, -0.15) is 0 Å². The number of halogens is 1. The van der Waals surface area contributed by atoms with Crippen LogP contribution in [0.5, 0.6) is 11.5 Å². The number of hydrogen-bond donors (Lipinski definition) is 1. The van der Waals surface area contributed by atoms with Crippen LogP contribution in [0.1, 0.15) is 48.6 Å². The zero-order valence-electron chi connectivity index (χ0n) is 15.3. The number of ether oxygens (including phenoxy) is 2. The summed E-state index contributed by atoms with van der Waals surface area (Å²) in [5, 5.41) is 12.7. The minimum Gasteiger partial charge on any atom is -0.493 e. The standard InChI is InChI=1S/C19H22BrN3O3S/c1-25-15-11-12(10-14(20)17(15)26-2)8-9-16(24)21-19-23-22-18(27-19)13-6-4-3-5-7-13/h8-11,13H,3-7H2,1-2H3,(H,21,23,24)/b9-8+. The van der Waals surface area contributed by atoms with Crippen LogP contribution in [0, 0.1) is 0 Å². The molecule has 0 unspecified atom stereocenters. The largest absolute Gasteiger partial charge is 0.493 e. The number of hydrogen-bond acceptors (Lipinski definition) is 6. The summed E-state index contributed by atoms with van der Waals surface area (Å²) in [6, 6.07) is 3.66. The van der Waals surface area contributed by atoms with E-state index in [-0.39, 0.29) is 5.91 Å². The van der Waals surface area contributed by atoms with Gasteiger partial charge in [-0.15, -0.1) is 10.2 Å². The Kier molecular flexibility index (Phi) is 6.84. The molecule has 0 atom stereocenters. The molecule has 6 nitrogen and oxygen atoms in total. The number of carbonyl (C=O) groups excluding carboxylic acids is 1. The molecule has 1 aliphatic carbocycles. The predicted octanol–water partition coefficient (Wildman–Crippen LogP) is 5.02. The van der Waals surface area contributed by atoms with Crippen LogP contribution in [-0.2, 0) is 4.79 Å². The average molecular weight is 452 g/mol. The smallest absolute Gasteiger partial charge is 0.250 e. The van der Waals surface area contributed by atoms with Gasteiger partial charge in [-0.25, -0.2) is 0 Å².